The summed E-state index contributed by atoms with van der Waals surface area (Å²) in [6.07, 6.45) is -3.57. The minimum absolute atomic E-state index is 0.00711. The monoisotopic (exact) mass is 428 g/mol. The van der Waals surface area contributed by atoms with E-state index in [0.29, 0.717) is 24.8 Å². The molecule has 1 atom stereocenters. The lowest BCUT2D eigenvalue weighted by Gasteiger charge is -2.24. The Morgan fingerprint density at radius 1 is 1.03 bits per heavy atom. The number of carbonyl (C=O) groups excluding carboxylic acids is 2. The van der Waals surface area contributed by atoms with Crippen LogP contribution in [0.15, 0.2) is 60.7 Å². The molecule has 3 aromatic carbocycles. The molecule has 2 amide bonds. The lowest BCUT2D eigenvalue weighted by Crippen LogP contribution is -2.43. The predicted molar refractivity (Wildman–Crippen MR) is 110 cm³/mol. The molecule has 4 rings (SSSR count). The molecular formula is C23H19F3N2O3. The molecule has 0 aliphatic carbocycles. The molecule has 1 fully saturated rings. The number of likely N-dealkylation sites (tertiary alicyclic amines) is 1. The number of phenolic OH excluding ortho intramolecular Hbond substituents is 1. The first-order valence-corrected chi connectivity index (χ1v) is 9.75. The van der Waals surface area contributed by atoms with Gasteiger partial charge in [0, 0.05) is 17.6 Å². The summed E-state index contributed by atoms with van der Waals surface area (Å²) in [6, 6.07) is 13.8. The van der Waals surface area contributed by atoms with E-state index in [0.717, 1.165) is 17.5 Å². The van der Waals surface area contributed by atoms with Crippen LogP contribution in [-0.2, 0) is 11.0 Å². The smallest absolute Gasteiger partial charge is 0.416 e. The van der Waals surface area contributed by atoms with Gasteiger partial charge in [0.1, 0.15) is 11.8 Å². The topological polar surface area (TPSA) is 69.6 Å². The standard InChI is InChI=1S/C23H19F3N2O3/c24-23(25,26)15-6-3-7-16(13-15)27-21(30)19-9-4-12-28(19)22(31)18-11-10-14-5-1-2-8-17(14)20(18)29/h1-3,5-8,10-11,13,19,29H,4,9,12H2,(H,27,30)/t19-/m0/s1. The van der Waals surface area contributed by atoms with Crippen LogP contribution in [0.1, 0.15) is 28.8 Å². The number of nitrogens with zero attached hydrogens (tertiary/aromatic N) is 1. The first-order chi connectivity index (χ1) is 14.8. The number of phenols is 1. The summed E-state index contributed by atoms with van der Waals surface area (Å²) in [5.41, 5.74) is -0.782. The van der Waals surface area contributed by atoms with Gasteiger partial charge in [0.15, 0.2) is 0 Å². The molecule has 1 saturated heterocycles. The number of hydrogen-bond acceptors (Lipinski definition) is 3. The fourth-order valence-corrected chi connectivity index (χ4v) is 3.86. The van der Waals surface area contributed by atoms with E-state index in [2.05, 4.69) is 5.32 Å². The zero-order chi connectivity index (χ0) is 22.2. The SMILES string of the molecule is O=C(Nc1cccc(C(F)(F)F)c1)[C@@H]1CCCN1C(=O)c1ccc2ccccc2c1O. The largest absolute Gasteiger partial charge is 0.506 e. The van der Waals surface area contributed by atoms with E-state index in [1.807, 2.05) is 12.1 Å². The summed E-state index contributed by atoms with van der Waals surface area (Å²) in [5, 5.41) is 14.4. The minimum atomic E-state index is -4.52. The number of alkyl halides is 3. The highest BCUT2D eigenvalue weighted by Gasteiger charge is 2.36. The third kappa shape index (κ3) is 4.05. The lowest BCUT2D eigenvalue weighted by atomic mass is 10.0. The number of anilines is 1. The van der Waals surface area contributed by atoms with Gasteiger partial charge in [-0.1, -0.05) is 36.4 Å². The molecule has 2 N–H and O–H groups in total. The van der Waals surface area contributed by atoms with Crippen molar-refractivity contribution in [1.82, 2.24) is 4.90 Å². The Labute approximate surface area is 176 Å². The van der Waals surface area contributed by atoms with Crippen molar-refractivity contribution in [3.05, 3.63) is 71.8 Å². The van der Waals surface area contributed by atoms with E-state index in [4.69, 9.17) is 0 Å². The van der Waals surface area contributed by atoms with Crippen molar-refractivity contribution in [2.45, 2.75) is 25.1 Å². The number of aromatic hydroxyl groups is 1. The highest BCUT2D eigenvalue weighted by atomic mass is 19.4. The van der Waals surface area contributed by atoms with Crippen molar-refractivity contribution in [2.75, 3.05) is 11.9 Å². The minimum Gasteiger partial charge on any atom is -0.506 e. The average Bonchev–Trinajstić information content (AvgIpc) is 3.23. The molecular weight excluding hydrogens is 409 g/mol. The molecule has 31 heavy (non-hydrogen) atoms. The number of hydrogen-bond donors (Lipinski definition) is 2. The van der Waals surface area contributed by atoms with Gasteiger partial charge in [0.25, 0.3) is 5.91 Å². The molecule has 0 spiro atoms. The van der Waals surface area contributed by atoms with Gasteiger partial charge in [-0.15, -0.1) is 0 Å². The van der Waals surface area contributed by atoms with Crippen LogP contribution in [0, 0.1) is 0 Å². The number of nitrogens with one attached hydrogen (secondary N) is 1. The molecule has 0 bridgehead atoms. The summed E-state index contributed by atoms with van der Waals surface area (Å²) in [4.78, 5) is 27.2. The van der Waals surface area contributed by atoms with Crippen LogP contribution < -0.4 is 5.32 Å². The zero-order valence-electron chi connectivity index (χ0n) is 16.3. The molecule has 1 aliphatic heterocycles. The Morgan fingerprint density at radius 2 is 1.81 bits per heavy atom. The van der Waals surface area contributed by atoms with Gasteiger partial charge in [-0.3, -0.25) is 9.59 Å². The molecule has 1 heterocycles. The predicted octanol–water partition coefficient (Wildman–Crippen LogP) is 4.81. The number of halogens is 3. The highest BCUT2D eigenvalue weighted by Crippen LogP contribution is 2.33. The molecule has 0 aromatic heterocycles. The summed E-state index contributed by atoms with van der Waals surface area (Å²) < 4.78 is 38.8. The van der Waals surface area contributed by atoms with Gasteiger partial charge in [-0.25, -0.2) is 0 Å². The van der Waals surface area contributed by atoms with Crippen molar-refractivity contribution < 1.29 is 27.9 Å². The van der Waals surface area contributed by atoms with Gasteiger partial charge in [0.2, 0.25) is 5.91 Å². The number of amides is 2. The second kappa shape index (κ2) is 7.94. The molecule has 5 nitrogen and oxygen atoms in total. The maximum absolute atomic E-state index is 13.1. The maximum atomic E-state index is 13.1. The fraction of sp³-hybridized carbons (Fsp3) is 0.217. The van der Waals surface area contributed by atoms with Crippen molar-refractivity contribution in [1.29, 1.82) is 0 Å². The summed E-state index contributed by atoms with van der Waals surface area (Å²) in [6.45, 7) is 0.311. The Kier molecular flexibility index (Phi) is 5.31. The van der Waals surface area contributed by atoms with E-state index < -0.39 is 29.6 Å². The second-order valence-corrected chi connectivity index (χ2v) is 7.41. The molecule has 0 unspecified atom stereocenters. The summed E-state index contributed by atoms with van der Waals surface area (Å²) in [5.74, 6) is -1.22. The summed E-state index contributed by atoms with van der Waals surface area (Å²) in [7, 11) is 0. The molecule has 1 aliphatic rings. The average molecular weight is 428 g/mol. The number of fused-ring (bicyclic) bond motifs is 1. The van der Waals surface area contributed by atoms with E-state index in [-0.39, 0.29) is 17.0 Å². The normalized spacial score (nSPS) is 16.5. The van der Waals surface area contributed by atoms with Crippen LogP contribution in [0.4, 0.5) is 18.9 Å². The molecule has 3 aromatic rings. The highest BCUT2D eigenvalue weighted by molar-refractivity contribution is 6.06. The fourth-order valence-electron chi connectivity index (χ4n) is 3.86. The van der Waals surface area contributed by atoms with Crippen molar-refractivity contribution in [3.8, 4) is 5.75 Å². The lowest BCUT2D eigenvalue weighted by molar-refractivity contribution is -0.137. The molecule has 0 radical (unpaired) electrons. The van der Waals surface area contributed by atoms with E-state index >= 15 is 0 Å². The Hall–Kier alpha value is -3.55. The van der Waals surface area contributed by atoms with E-state index in [9.17, 15) is 27.9 Å². The molecule has 8 heteroatoms. The first kappa shape index (κ1) is 20.7. The van der Waals surface area contributed by atoms with Gasteiger partial charge < -0.3 is 15.3 Å². The number of benzene rings is 3. The van der Waals surface area contributed by atoms with Crippen LogP contribution in [0.3, 0.4) is 0 Å². The van der Waals surface area contributed by atoms with Crippen molar-refractivity contribution in [3.63, 3.8) is 0 Å². The van der Waals surface area contributed by atoms with E-state index in [1.54, 1.807) is 18.2 Å². The zero-order valence-corrected chi connectivity index (χ0v) is 16.3. The Bertz CT molecular complexity index is 1160. The quantitative estimate of drug-likeness (QED) is 0.629. The third-order valence-electron chi connectivity index (χ3n) is 5.40. The molecule has 160 valence electrons. The maximum Gasteiger partial charge on any atom is 0.416 e. The Balaban J connectivity index is 1.56. The van der Waals surface area contributed by atoms with Crippen LogP contribution in [0.2, 0.25) is 0 Å². The Morgan fingerprint density at radius 3 is 2.58 bits per heavy atom. The van der Waals surface area contributed by atoms with Crippen LogP contribution >= 0.6 is 0 Å². The van der Waals surface area contributed by atoms with Crippen molar-refractivity contribution in [2.24, 2.45) is 0 Å². The molecule has 0 saturated carbocycles. The third-order valence-corrected chi connectivity index (χ3v) is 5.40. The van der Waals surface area contributed by atoms with Crippen LogP contribution in [-0.4, -0.2) is 34.4 Å². The van der Waals surface area contributed by atoms with Gasteiger partial charge in [0.05, 0.1) is 11.1 Å². The van der Waals surface area contributed by atoms with Gasteiger partial charge in [-0.2, -0.15) is 13.2 Å². The van der Waals surface area contributed by atoms with Gasteiger partial charge in [-0.05, 0) is 42.5 Å². The second-order valence-electron chi connectivity index (χ2n) is 7.41. The van der Waals surface area contributed by atoms with Crippen molar-refractivity contribution >= 4 is 28.3 Å². The van der Waals surface area contributed by atoms with Crippen LogP contribution in [0.25, 0.3) is 10.8 Å². The summed E-state index contributed by atoms with van der Waals surface area (Å²) >= 11 is 0. The number of rotatable bonds is 3. The van der Waals surface area contributed by atoms with Crippen LogP contribution in [0.5, 0.6) is 5.75 Å². The van der Waals surface area contributed by atoms with E-state index in [1.165, 1.54) is 23.1 Å². The van der Waals surface area contributed by atoms with Gasteiger partial charge >= 0.3 is 6.18 Å². The number of carbonyl (C=O) groups is 2. The first-order valence-electron chi connectivity index (χ1n) is 9.75.